The molecule has 2 fully saturated rings. The number of nitrogens with one attached hydrogen (secondary N) is 1. The van der Waals surface area contributed by atoms with Crippen LogP contribution < -0.4 is 5.32 Å². The quantitative estimate of drug-likeness (QED) is 0.684. The lowest BCUT2D eigenvalue weighted by Gasteiger charge is -2.41. The van der Waals surface area contributed by atoms with Gasteiger partial charge >= 0.3 is 12.0 Å². The largest absolute Gasteiger partial charge is 0.481 e. The Bertz CT molecular complexity index is 355. The first-order valence-electron chi connectivity index (χ1n) is 6.90. The Labute approximate surface area is 112 Å². The Morgan fingerprint density at radius 1 is 1.37 bits per heavy atom. The Morgan fingerprint density at radius 3 is 2.58 bits per heavy atom. The number of urea groups is 1. The maximum Gasteiger partial charge on any atom is 0.317 e. The van der Waals surface area contributed by atoms with E-state index in [0.29, 0.717) is 19.6 Å². The monoisotopic (exact) mass is 270 g/mol. The van der Waals surface area contributed by atoms with E-state index in [1.165, 1.54) is 0 Å². The van der Waals surface area contributed by atoms with Crippen LogP contribution in [0.5, 0.6) is 0 Å². The number of aliphatic hydroxyl groups is 1. The van der Waals surface area contributed by atoms with Gasteiger partial charge in [-0.15, -0.1) is 0 Å². The van der Waals surface area contributed by atoms with E-state index in [4.69, 9.17) is 10.2 Å². The van der Waals surface area contributed by atoms with Gasteiger partial charge in [0.05, 0.1) is 6.42 Å². The molecule has 3 N–H and O–H groups in total. The second-order valence-electron chi connectivity index (χ2n) is 5.87. The molecule has 6 nitrogen and oxygen atoms in total. The van der Waals surface area contributed by atoms with Crippen LogP contribution in [0, 0.1) is 11.3 Å². The normalized spacial score (nSPS) is 24.9. The molecule has 2 aliphatic rings. The number of hydrogen-bond donors (Lipinski definition) is 3. The minimum absolute atomic E-state index is 0.118. The van der Waals surface area contributed by atoms with Crippen LogP contribution in [0.2, 0.25) is 0 Å². The molecule has 1 aliphatic heterocycles. The smallest absolute Gasteiger partial charge is 0.317 e. The van der Waals surface area contributed by atoms with E-state index in [2.05, 4.69) is 5.32 Å². The van der Waals surface area contributed by atoms with E-state index in [9.17, 15) is 9.59 Å². The highest BCUT2D eigenvalue weighted by Crippen LogP contribution is 2.43. The summed E-state index contributed by atoms with van der Waals surface area (Å²) < 4.78 is 0. The van der Waals surface area contributed by atoms with E-state index in [1.54, 1.807) is 4.90 Å². The van der Waals surface area contributed by atoms with Crippen molar-refractivity contribution in [2.75, 3.05) is 26.2 Å². The predicted molar refractivity (Wildman–Crippen MR) is 68.7 cm³/mol. The van der Waals surface area contributed by atoms with Gasteiger partial charge in [0.15, 0.2) is 0 Å². The van der Waals surface area contributed by atoms with Crippen LogP contribution in [-0.4, -0.2) is 53.4 Å². The summed E-state index contributed by atoms with van der Waals surface area (Å²) in [5.74, 6) is -0.613. The lowest BCUT2D eigenvalue weighted by atomic mass is 9.66. The van der Waals surface area contributed by atoms with Crippen molar-refractivity contribution < 1.29 is 19.8 Å². The van der Waals surface area contributed by atoms with Gasteiger partial charge in [-0.3, -0.25) is 4.79 Å². The molecule has 1 saturated heterocycles. The van der Waals surface area contributed by atoms with Gasteiger partial charge in [-0.2, -0.15) is 0 Å². The predicted octanol–water partition coefficient (Wildman–Crippen LogP) is 0.655. The summed E-state index contributed by atoms with van der Waals surface area (Å²) in [7, 11) is 0. The number of hydrogen-bond acceptors (Lipinski definition) is 3. The second-order valence-corrected chi connectivity index (χ2v) is 5.87. The first-order chi connectivity index (χ1) is 9.04. The maximum absolute atomic E-state index is 12.0. The molecule has 2 rings (SSSR count). The highest BCUT2D eigenvalue weighted by Gasteiger charge is 2.39. The van der Waals surface area contributed by atoms with Crippen molar-refractivity contribution in [2.24, 2.45) is 11.3 Å². The number of likely N-dealkylation sites (tertiary alicyclic amines) is 1. The first kappa shape index (κ1) is 14.1. The number of nitrogens with zero attached hydrogens (tertiary/aromatic N) is 1. The summed E-state index contributed by atoms with van der Waals surface area (Å²) in [5, 5.41) is 20.8. The molecule has 1 aliphatic carbocycles. The zero-order chi connectivity index (χ0) is 13.9. The lowest BCUT2D eigenvalue weighted by Crippen LogP contribution is -2.47. The molecule has 0 aromatic carbocycles. The van der Waals surface area contributed by atoms with Gasteiger partial charge in [0.25, 0.3) is 0 Å². The molecular formula is C13H22N2O4. The molecule has 1 heterocycles. The standard InChI is InChI=1S/C13H22N2O4/c16-8-10-2-5-15(7-10)12(19)14-9-13(3-1-4-13)6-11(17)18/h10,16H,1-9H2,(H,14,19)(H,17,18). The summed E-state index contributed by atoms with van der Waals surface area (Å²) >= 11 is 0. The number of aliphatic carboxylic acids is 1. The number of carboxylic acids is 1. The molecule has 0 aromatic rings. The summed E-state index contributed by atoms with van der Waals surface area (Å²) in [6.45, 7) is 1.82. The molecule has 0 bridgehead atoms. The van der Waals surface area contributed by atoms with E-state index in [0.717, 1.165) is 25.7 Å². The summed E-state index contributed by atoms with van der Waals surface area (Å²) in [6, 6.07) is -0.132. The Balaban J connectivity index is 1.78. The van der Waals surface area contributed by atoms with Crippen LogP contribution >= 0.6 is 0 Å². The van der Waals surface area contributed by atoms with Crippen molar-refractivity contribution in [2.45, 2.75) is 32.1 Å². The van der Waals surface area contributed by atoms with Gasteiger partial charge in [0, 0.05) is 32.2 Å². The van der Waals surface area contributed by atoms with Crippen molar-refractivity contribution >= 4 is 12.0 Å². The highest BCUT2D eigenvalue weighted by atomic mass is 16.4. The zero-order valence-corrected chi connectivity index (χ0v) is 11.1. The minimum atomic E-state index is -0.796. The van der Waals surface area contributed by atoms with Gasteiger partial charge in [0.2, 0.25) is 0 Å². The fourth-order valence-electron chi connectivity index (χ4n) is 2.95. The fraction of sp³-hybridized carbons (Fsp3) is 0.846. The van der Waals surface area contributed by atoms with Crippen LogP contribution in [0.3, 0.4) is 0 Å². The molecule has 1 unspecified atom stereocenters. The highest BCUT2D eigenvalue weighted by molar-refractivity contribution is 5.74. The van der Waals surface area contributed by atoms with Crippen molar-refractivity contribution in [1.82, 2.24) is 10.2 Å². The van der Waals surface area contributed by atoms with Gasteiger partial charge < -0.3 is 20.4 Å². The Kier molecular flexibility index (Phi) is 4.29. The molecule has 6 heteroatoms. The Morgan fingerprint density at radius 2 is 2.11 bits per heavy atom. The minimum Gasteiger partial charge on any atom is -0.481 e. The van der Waals surface area contributed by atoms with Crippen LogP contribution in [0.1, 0.15) is 32.1 Å². The number of carbonyl (C=O) groups is 2. The number of aliphatic hydroxyl groups excluding tert-OH is 1. The molecule has 1 atom stereocenters. The van der Waals surface area contributed by atoms with E-state index < -0.39 is 5.97 Å². The SMILES string of the molecule is O=C(O)CC1(CNC(=O)N2CCC(CO)C2)CCC1. The summed E-state index contributed by atoms with van der Waals surface area (Å²) in [5.41, 5.74) is -0.238. The third-order valence-electron chi connectivity index (χ3n) is 4.39. The fourth-order valence-corrected chi connectivity index (χ4v) is 2.95. The topological polar surface area (TPSA) is 89.9 Å². The molecule has 108 valence electrons. The van der Waals surface area contributed by atoms with Gasteiger partial charge in [-0.25, -0.2) is 4.79 Å². The van der Waals surface area contributed by atoms with Crippen molar-refractivity contribution in [3.8, 4) is 0 Å². The van der Waals surface area contributed by atoms with Gasteiger partial charge in [0.1, 0.15) is 0 Å². The molecule has 0 spiro atoms. The van der Waals surface area contributed by atoms with Gasteiger partial charge in [-0.1, -0.05) is 6.42 Å². The number of amides is 2. The summed E-state index contributed by atoms with van der Waals surface area (Å²) in [6.07, 6.45) is 3.76. The van der Waals surface area contributed by atoms with Crippen molar-refractivity contribution in [3.05, 3.63) is 0 Å². The third-order valence-corrected chi connectivity index (χ3v) is 4.39. The van der Waals surface area contributed by atoms with Gasteiger partial charge in [-0.05, 0) is 24.7 Å². The second kappa shape index (κ2) is 5.77. The Hall–Kier alpha value is -1.30. The molecule has 0 aromatic heterocycles. The number of rotatable bonds is 5. The lowest BCUT2D eigenvalue weighted by molar-refractivity contribution is -0.141. The average Bonchev–Trinajstić information content (AvgIpc) is 2.80. The van der Waals surface area contributed by atoms with Crippen LogP contribution in [0.15, 0.2) is 0 Å². The molecule has 0 radical (unpaired) electrons. The molecular weight excluding hydrogens is 248 g/mol. The average molecular weight is 270 g/mol. The van der Waals surface area contributed by atoms with Crippen molar-refractivity contribution in [1.29, 1.82) is 0 Å². The molecule has 19 heavy (non-hydrogen) atoms. The summed E-state index contributed by atoms with van der Waals surface area (Å²) in [4.78, 5) is 24.5. The third kappa shape index (κ3) is 3.37. The number of carbonyl (C=O) groups excluding carboxylic acids is 1. The maximum atomic E-state index is 12.0. The van der Waals surface area contributed by atoms with E-state index in [-0.39, 0.29) is 30.4 Å². The van der Waals surface area contributed by atoms with Crippen LogP contribution in [-0.2, 0) is 4.79 Å². The van der Waals surface area contributed by atoms with Crippen LogP contribution in [0.4, 0.5) is 4.79 Å². The van der Waals surface area contributed by atoms with Crippen molar-refractivity contribution in [3.63, 3.8) is 0 Å². The molecule has 1 saturated carbocycles. The van der Waals surface area contributed by atoms with E-state index >= 15 is 0 Å². The number of carboxylic acid groups (broad SMARTS) is 1. The van der Waals surface area contributed by atoms with E-state index in [1.807, 2.05) is 0 Å². The van der Waals surface area contributed by atoms with Crippen LogP contribution in [0.25, 0.3) is 0 Å². The first-order valence-corrected chi connectivity index (χ1v) is 6.90. The zero-order valence-electron chi connectivity index (χ0n) is 11.1. The molecule has 2 amide bonds.